The lowest BCUT2D eigenvalue weighted by Crippen LogP contribution is -2.62. The number of hydrogen-bond acceptors (Lipinski definition) is 5. The van der Waals surface area contributed by atoms with Crippen LogP contribution in [-0.2, 0) is 0 Å². The maximum absolute atomic E-state index is 15.4. The Morgan fingerprint density at radius 3 is 3.04 bits per heavy atom. The molecule has 0 radical (unpaired) electrons. The Balaban J connectivity index is 1.67. The Hall–Kier alpha value is -1.18. The van der Waals surface area contributed by atoms with Crippen LogP contribution in [0.4, 0.5) is 4.39 Å². The van der Waals surface area contributed by atoms with E-state index in [0.29, 0.717) is 24.5 Å². The zero-order valence-corrected chi connectivity index (χ0v) is 14.3. The molecule has 2 saturated heterocycles. The quantitative estimate of drug-likeness (QED) is 0.830. The van der Waals surface area contributed by atoms with Crippen molar-refractivity contribution < 1.29 is 14.2 Å². The molecule has 3 aliphatic heterocycles. The van der Waals surface area contributed by atoms with E-state index in [1.807, 2.05) is 10.9 Å². The number of ether oxygens (including phenoxy) is 1. The van der Waals surface area contributed by atoms with Crippen molar-refractivity contribution in [3.8, 4) is 5.75 Å². The predicted octanol–water partition coefficient (Wildman–Crippen LogP) is 2.60. The van der Waals surface area contributed by atoms with Gasteiger partial charge in [-0.1, -0.05) is 18.0 Å². The van der Waals surface area contributed by atoms with E-state index in [2.05, 4.69) is 10.2 Å². The first-order chi connectivity index (χ1) is 11.6. The number of aromatic nitrogens is 2. The van der Waals surface area contributed by atoms with E-state index in [1.165, 1.54) is 0 Å². The number of rotatable bonds is 2. The molecule has 8 heteroatoms. The first kappa shape index (κ1) is 16.3. The number of piperidine rings is 2. The van der Waals surface area contributed by atoms with Crippen molar-refractivity contribution in [3.05, 3.63) is 23.0 Å². The summed E-state index contributed by atoms with van der Waals surface area (Å²) in [4.78, 5) is 1.96. The molecule has 24 heavy (non-hydrogen) atoms. The average molecular weight is 352 g/mol. The first-order valence-electron chi connectivity index (χ1n) is 8.52. The maximum atomic E-state index is 15.4. The van der Waals surface area contributed by atoms with Gasteiger partial charge in [0.15, 0.2) is 10.9 Å². The highest BCUT2D eigenvalue weighted by atomic mass is 35.5. The molecular formula is C16H20BClFN3O2. The van der Waals surface area contributed by atoms with Gasteiger partial charge in [0.05, 0.1) is 0 Å². The van der Waals surface area contributed by atoms with Crippen LogP contribution in [-0.4, -0.2) is 51.9 Å². The summed E-state index contributed by atoms with van der Waals surface area (Å²) in [7, 11) is -0.617. The van der Waals surface area contributed by atoms with Crippen LogP contribution in [0.1, 0.15) is 31.4 Å². The minimum atomic E-state index is -1.04. The van der Waals surface area contributed by atoms with E-state index in [9.17, 15) is 5.02 Å². The number of fused-ring (bicyclic) bond motifs is 3. The molecule has 0 aromatic carbocycles. The topological polar surface area (TPSA) is 58.5 Å². The van der Waals surface area contributed by atoms with Crippen molar-refractivity contribution in [2.75, 3.05) is 6.61 Å². The van der Waals surface area contributed by atoms with E-state index in [0.717, 1.165) is 24.8 Å². The third kappa shape index (κ3) is 2.63. The molecule has 4 rings (SSSR count). The molecule has 4 heterocycles. The molecule has 3 aliphatic rings. The van der Waals surface area contributed by atoms with E-state index < -0.39 is 13.2 Å². The smallest absolute Gasteiger partial charge is 0.376 e. The molecule has 2 bridgehead atoms. The monoisotopic (exact) mass is 351 g/mol. The van der Waals surface area contributed by atoms with Crippen molar-refractivity contribution in [2.24, 2.45) is 5.92 Å². The molecule has 0 spiro atoms. The predicted molar refractivity (Wildman–Crippen MR) is 90.6 cm³/mol. The molecule has 2 fully saturated rings. The summed E-state index contributed by atoms with van der Waals surface area (Å²) in [5.74, 6) is 0.330. The largest absolute Gasteiger partial charge is 0.487 e. The second kappa shape index (κ2) is 6.28. The number of nitrogens with zero attached hydrogens (tertiary/aromatic N) is 3. The van der Waals surface area contributed by atoms with Crippen molar-refractivity contribution >= 4 is 24.2 Å². The second-order valence-electron chi connectivity index (χ2n) is 6.87. The van der Waals surface area contributed by atoms with Crippen LogP contribution in [0, 0.1) is 5.92 Å². The minimum Gasteiger partial charge on any atom is -0.487 e. The lowest BCUT2D eigenvalue weighted by Gasteiger charge is -2.52. The highest BCUT2D eigenvalue weighted by Gasteiger charge is 2.49. The molecule has 1 N–H and O–H groups in total. The summed E-state index contributed by atoms with van der Waals surface area (Å²) < 4.78 is 21.0. The van der Waals surface area contributed by atoms with Gasteiger partial charge < -0.3 is 14.6 Å². The fourth-order valence-corrected chi connectivity index (χ4v) is 4.71. The van der Waals surface area contributed by atoms with Crippen molar-refractivity contribution in [1.29, 1.82) is 0 Å². The average Bonchev–Trinajstić information content (AvgIpc) is 2.57. The van der Waals surface area contributed by atoms with Crippen LogP contribution in [0.3, 0.4) is 0 Å². The molecule has 0 aliphatic carbocycles. The Labute approximate surface area is 146 Å². The molecule has 0 saturated carbocycles. The zero-order chi connectivity index (χ0) is 16.8. The van der Waals surface area contributed by atoms with Gasteiger partial charge in [0, 0.05) is 24.1 Å². The van der Waals surface area contributed by atoms with Crippen LogP contribution < -0.4 is 4.74 Å². The van der Waals surface area contributed by atoms with Gasteiger partial charge in [0.2, 0.25) is 0 Å². The van der Waals surface area contributed by atoms with Gasteiger partial charge in [-0.25, -0.2) is 4.39 Å². The van der Waals surface area contributed by atoms with Gasteiger partial charge in [-0.3, -0.25) is 0 Å². The summed E-state index contributed by atoms with van der Waals surface area (Å²) >= 11 is 5.89. The third-order valence-corrected chi connectivity index (χ3v) is 5.68. The summed E-state index contributed by atoms with van der Waals surface area (Å²) in [6.07, 6.45) is 4.34. The number of hydrogen-bond donors (Lipinski definition) is 1. The number of alkyl halides is 1. The summed E-state index contributed by atoms with van der Waals surface area (Å²) in [5, 5.41) is 18.4. The van der Waals surface area contributed by atoms with Gasteiger partial charge in [-0.15, -0.1) is 10.2 Å². The van der Waals surface area contributed by atoms with E-state index in [4.69, 9.17) is 16.3 Å². The normalized spacial score (nSPS) is 32.6. The van der Waals surface area contributed by atoms with Crippen LogP contribution in [0.25, 0.3) is 5.57 Å². The third-order valence-electron chi connectivity index (χ3n) is 5.50. The Bertz CT molecular complexity index is 675. The molecule has 1 unspecified atom stereocenters. The summed E-state index contributed by atoms with van der Waals surface area (Å²) in [5.41, 5.74) is 1.47. The number of halogens is 2. The van der Waals surface area contributed by atoms with E-state index in [-0.39, 0.29) is 23.2 Å². The zero-order valence-electron chi connectivity index (χ0n) is 13.5. The molecular weight excluding hydrogens is 331 g/mol. The van der Waals surface area contributed by atoms with Crippen LogP contribution in [0.2, 0.25) is 12.0 Å². The van der Waals surface area contributed by atoms with Gasteiger partial charge >= 0.3 is 7.05 Å². The summed E-state index contributed by atoms with van der Waals surface area (Å²) in [6, 6.07) is 1.60. The standard InChI is InChI=1S/C16H20BClFN3O2/c1-17(23)22-9-3-2-4-12(22)15(19)11(7-9)10-5-6-24-13-8-14(18)20-21-16(10)13/h5,8-9,11-12,15,23H,2-4,6-7H2,1H3/t9-,11+,12?,15-/m1/s1. The highest BCUT2D eigenvalue weighted by molar-refractivity contribution is 6.45. The van der Waals surface area contributed by atoms with Crippen molar-refractivity contribution in [1.82, 2.24) is 15.0 Å². The molecule has 0 amide bonds. The molecule has 128 valence electrons. The highest BCUT2D eigenvalue weighted by Crippen LogP contribution is 2.46. The van der Waals surface area contributed by atoms with Gasteiger partial charge in [-0.2, -0.15) is 0 Å². The molecule has 5 nitrogen and oxygen atoms in total. The SMILES string of the molecule is CB(O)N1C2CCC[C@@H]1C[C@@H](C1=CCOc3cc(Cl)nnc31)[C@H]2F. The minimum absolute atomic E-state index is 0.202. The summed E-state index contributed by atoms with van der Waals surface area (Å²) in [6.45, 7) is 2.12. The van der Waals surface area contributed by atoms with Crippen molar-refractivity contribution in [3.63, 3.8) is 0 Å². The van der Waals surface area contributed by atoms with Gasteiger partial charge in [0.25, 0.3) is 0 Å². The Morgan fingerprint density at radius 2 is 2.25 bits per heavy atom. The van der Waals surface area contributed by atoms with Crippen LogP contribution >= 0.6 is 11.6 Å². The van der Waals surface area contributed by atoms with Crippen LogP contribution in [0.5, 0.6) is 5.75 Å². The fraction of sp³-hybridized carbons (Fsp3) is 0.625. The van der Waals surface area contributed by atoms with Gasteiger partial charge in [0.1, 0.15) is 18.5 Å². The van der Waals surface area contributed by atoms with Crippen molar-refractivity contribution in [2.45, 2.75) is 50.8 Å². The van der Waals surface area contributed by atoms with Gasteiger partial charge in [-0.05, 0) is 37.7 Å². The fourth-order valence-electron chi connectivity index (χ4n) is 4.57. The van der Waals surface area contributed by atoms with Crippen LogP contribution in [0.15, 0.2) is 12.1 Å². The van der Waals surface area contributed by atoms with E-state index in [1.54, 1.807) is 12.9 Å². The molecule has 1 aromatic heterocycles. The molecule has 1 aromatic rings. The molecule has 4 atom stereocenters. The maximum Gasteiger partial charge on any atom is 0.376 e. The lowest BCUT2D eigenvalue weighted by atomic mass is 9.66. The second-order valence-corrected chi connectivity index (χ2v) is 7.26. The number of allylic oxidation sites excluding steroid dienone is 1. The first-order valence-corrected chi connectivity index (χ1v) is 8.90. The Kier molecular flexibility index (Phi) is 4.27. The lowest BCUT2D eigenvalue weighted by molar-refractivity contribution is 0.0125. The van der Waals surface area contributed by atoms with E-state index >= 15 is 4.39 Å². The Morgan fingerprint density at radius 1 is 1.42 bits per heavy atom.